The van der Waals surface area contributed by atoms with Gasteiger partial charge in [0.15, 0.2) is 5.82 Å². The van der Waals surface area contributed by atoms with Crippen molar-refractivity contribution in [2.45, 2.75) is 0 Å². The van der Waals surface area contributed by atoms with Crippen LogP contribution in [0.25, 0.3) is 72.5 Å². The van der Waals surface area contributed by atoms with E-state index < -0.39 is 0 Å². The smallest absolute Gasteiger partial charge is 0.160 e. The van der Waals surface area contributed by atoms with Gasteiger partial charge < -0.3 is 5.32 Å². The fourth-order valence-corrected chi connectivity index (χ4v) is 6.14. The lowest BCUT2D eigenvalue weighted by Crippen LogP contribution is -2.11. The zero-order chi connectivity index (χ0) is 30.7. The molecule has 0 spiro atoms. The van der Waals surface area contributed by atoms with Crippen molar-refractivity contribution in [2.24, 2.45) is 0 Å². The van der Waals surface area contributed by atoms with E-state index in [1.165, 1.54) is 22.3 Å². The number of hydrogen-bond donors (Lipinski definition) is 1. The predicted octanol–water partition coefficient (Wildman–Crippen LogP) is 10.5. The van der Waals surface area contributed by atoms with Crippen LogP contribution < -0.4 is 5.32 Å². The Morgan fingerprint density at radius 2 is 0.978 bits per heavy atom. The molecule has 3 heteroatoms. The van der Waals surface area contributed by atoms with Crippen LogP contribution in [0.5, 0.6) is 0 Å². The van der Waals surface area contributed by atoms with E-state index in [0.717, 1.165) is 56.5 Å². The maximum Gasteiger partial charge on any atom is 0.160 e. The average Bonchev–Trinajstić information content (AvgIpc) is 3.15. The molecular formula is C43H31N3. The van der Waals surface area contributed by atoms with Crippen molar-refractivity contribution in [1.82, 2.24) is 15.3 Å². The van der Waals surface area contributed by atoms with E-state index in [9.17, 15) is 0 Å². The molecule has 0 bridgehead atoms. The van der Waals surface area contributed by atoms with Gasteiger partial charge in [-0.1, -0.05) is 127 Å². The highest BCUT2D eigenvalue weighted by atomic mass is 14.9. The van der Waals surface area contributed by atoms with E-state index in [-0.39, 0.29) is 0 Å². The van der Waals surface area contributed by atoms with E-state index in [4.69, 9.17) is 9.97 Å². The van der Waals surface area contributed by atoms with Crippen LogP contribution in [-0.2, 0) is 0 Å². The molecule has 1 aromatic heterocycles. The van der Waals surface area contributed by atoms with E-state index in [1.54, 1.807) is 0 Å². The van der Waals surface area contributed by atoms with Crippen molar-refractivity contribution in [2.75, 3.05) is 6.54 Å². The molecule has 6 aromatic carbocycles. The summed E-state index contributed by atoms with van der Waals surface area (Å²) in [4.78, 5) is 10.5. The van der Waals surface area contributed by atoms with Crippen molar-refractivity contribution in [3.05, 3.63) is 176 Å². The van der Waals surface area contributed by atoms with Crippen LogP contribution in [-0.4, -0.2) is 16.5 Å². The third-order valence-electron chi connectivity index (χ3n) is 8.54. The van der Waals surface area contributed by atoms with E-state index in [1.807, 2.05) is 18.3 Å². The largest absolute Gasteiger partial charge is 0.387 e. The second-order valence-electron chi connectivity index (χ2n) is 11.5. The van der Waals surface area contributed by atoms with Crippen molar-refractivity contribution in [1.29, 1.82) is 0 Å². The second kappa shape index (κ2) is 12.1. The third kappa shape index (κ3) is 5.51. The zero-order valence-corrected chi connectivity index (χ0v) is 25.3. The van der Waals surface area contributed by atoms with Crippen LogP contribution in [0.2, 0.25) is 0 Å². The molecular weight excluding hydrogens is 558 g/mol. The van der Waals surface area contributed by atoms with Crippen molar-refractivity contribution < 1.29 is 0 Å². The van der Waals surface area contributed by atoms with Crippen LogP contribution in [0.4, 0.5) is 0 Å². The second-order valence-corrected chi connectivity index (χ2v) is 11.5. The van der Waals surface area contributed by atoms with E-state index >= 15 is 0 Å². The van der Waals surface area contributed by atoms with Gasteiger partial charge in [-0.05, 0) is 87.1 Å². The van der Waals surface area contributed by atoms with Gasteiger partial charge in [-0.3, -0.25) is 0 Å². The molecule has 46 heavy (non-hydrogen) atoms. The summed E-state index contributed by atoms with van der Waals surface area (Å²) in [6.45, 7) is 0.766. The van der Waals surface area contributed by atoms with Gasteiger partial charge in [-0.25, -0.2) is 9.97 Å². The van der Waals surface area contributed by atoms with Gasteiger partial charge in [-0.2, -0.15) is 0 Å². The van der Waals surface area contributed by atoms with Gasteiger partial charge in [0.25, 0.3) is 0 Å². The lowest BCUT2D eigenvalue weighted by molar-refractivity contribution is 0.986. The highest BCUT2D eigenvalue weighted by Gasteiger charge is 2.16. The summed E-state index contributed by atoms with van der Waals surface area (Å²) < 4.78 is 0. The van der Waals surface area contributed by atoms with Gasteiger partial charge in [0.1, 0.15) is 0 Å². The topological polar surface area (TPSA) is 37.8 Å². The molecule has 0 amide bonds. The maximum atomic E-state index is 5.29. The Kier molecular flexibility index (Phi) is 7.26. The van der Waals surface area contributed by atoms with E-state index in [0.29, 0.717) is 5.82 Å². The first-order chi connectivity index (χ1) is 22.8. The number of nitrogens with zero attached hydrogens (tertiary/aromatic N) is 2. The summed E-state index contributed by atoms with van der Waals surface area (Å²) >= 11 is 0. The molecule has 1 aliphatic heterocycles. The first-order valence-corrected chi connectivity index (χ1v) is 15.6. The van der Waals surface area contributed by atoms with Gasteiger partial charge in [0, 0.05) is 23.1 Å². The van der Waals surface area contributed by atoms with Gasteiger partial charge in [0.2, 0.25) is 0 Å². The average molecular weight is 590 g/mol. The van der Waals surface area contributed by atoms with Crippen LogP contribution in [0.1, 0.15) is 5.56 Å². The highest BCUT2D eigenvalue weighted by Crippen LogP contribution is 2.35. The summed E-state index contributed by atoms with van der Waals surface area (Å²) in [5.74, 6) is 0.711. The number of rotatable bonds is 6. The van der Waals surface area contributed by atoms with Crippen LogP contribution in [0, 0.1) is 0 Å². The maximum absolute atomic E-state index is 5.29. The number of aromatic nitrogens is 2. The fourth-order valence-electron chi connectivity index (χ4n) is 6.14. The number of nitrogens with one attached hydrogen (secondary N) is 1. The fraction of sp³-hybridized carbons (Fsp3) is 0.0233. The number of allylic oxidation sites excluding steroid dienone is 2. The highest BCUT2D eigenvalue weighted by molar-refractivity contribution is 5.96. The summed E-state index contributed by atoms with van der Waals surface area (Å²) in [5, 5.41) is 4.41. The number of fused-ring (bicyclic) bond motifs is 1. The van der Waals surface area contributed by atoms with Crippen molar-refractivity contribution >= 4 is 16.5 Å². The SMILES string of the molecule is C1=CNCC(c2cc(-c3ccc(-c4ccccc4)cc3)cc(-c3nc(-c4ccccc4)c4cc(-c5ccccc5)ccc4n3)c2)=C1. The minimum Gasteiger partial charge on any atom is -0.387 e. The molecule has 0 radical (unpaired) electrons. The van der Waals surface area contributed by atoms with Gasteiger partial charge >= 0.3 is 0 Å². The summed E-state index contributed by atoms with van der Waals surface area (Å²) in [7, 11) is 0. The molecule has 0 aliphatic carbocycles. The third-order valence-corrected chi connectivity index (χ3v) is 8.54. The zero-order valence-electron chi connectivity index (χ0n) is 25.3. The Balaban J connectivity index is 1.29. The molecule has 0 unspecified atom stereocenters. The Bertz CT molecular complexity index is 2220. The molecule has 0 fully saturated rings. The molecule has 1 N–H and O–H groups in total. The van der Waals surface area contributed by atoms with Gasteiger partial charge in [0.05, 0.1) is 11.2 Å². The Morgan fingerprint density at radius 3 is 1.63 bits per heavy atom. The molecule has 8 rings (SSSR count). The number of hydrogen-bond acceptors (Lipinski definition) is 3. The minimum atomic E-state index is 0.711. The number of benzene rings is 6. The molecule has 7 aromatic rings. The predicted molar refractivity (Wildman–Crippen MR) is 192 cm³/mol. The summed E-state index contributed by atoms with van der Waals surface area (Å²) in [5.41, 5.74) is 13.3. The van der Waals surface area contributed by atoms with Crippen molar-refractivity contribution in [3.8, 4) is 56.0 Å². The van der Waals surface area contributed by atoms with E-state index in [2.05, 4.69) is 157 Å². The lowest BCUT2D eigenvalue weighted by Gasteiger charge is -2.16. The van der Waals surface area contributed by atoms with Crippen LogP contribution >= 0.6 is 0 Å². The first kappa shape index (κ1) is 27.5. The molecule has 0 saturated heterocycles. The molecule has 1 aliphatic rings. The van der Waals surface area contributed by atoms with Crippen molar-refractivity contribution in [3.63, 3.8) is 0 Å². The minimum absolute atomic E-state index is 0.711. The standard InChI is InChI=1S/C43H31N3/c1-4-11-30(12-5-1)32-18-20-33(21-19-32)37-25-38(36-17-10-24-44-29-36)27-39(26-37)43-45-41-23-22-35(31-13-6-2-7-14-31)28-40(41)42(46-43)34-15-8-3-9-16-34/h1-28,44H,29H2. The molecule has 3 nitrogen and oxygen atoms in total. The monoisotopic (exact) mass is 589 g/mol. The first-order valence-electron chi connectivity index (χ1n) is 15.6. The molecule has 218 valence electrons. The normalized spacial score (nSPS) is 12.5. The Morgan fingerprint density at radius 1 is 0.435 bits per heavy atom. The molecule has 0 saturated carbocycles. The molecule has 0 atom stereocenters. The molecule has 2 heterocycles. The number of dihydropyridines is 1. The summed E-state index contributed by atoms with van der Waals surface area (Å²) in [6.07, 6.45) is 6.22. The van der Waals surface area contributed by atoms with Crippen LogP contribution in [0.3, 0.4) is 0 Å². The quantitative estimate of drug-likeness (QED) is 0.210. The van der Waals surface area contributed by atoms with Crippen LogP contribution in [0.15, 0.2) is 170 Å². The summed E-state index contributed by atoms with van der Waals surface area (Å²) in [6, 6.07) is 53.5. The lowest BCUT2D eigenvalue weighted by atomic mass is 9.93. The Hall–Kier alpha value is -6.06. The Labute approximate surface area is 269 Å². The van der Waals surface area contributed by atoms with Gasteiger partial charge in [-0.15, -0.1) is 0 Å².